The second kappa shape index (κ2) is 6.13. The summed E-state index contributed by atoms with van der Waals surface area (Å²) in [7, 11) is 1.70. The third-order valence-corrected chi connectivity index (χ3v) is 3.05. The fraction of sp³-hybridized carbons (Fsp3) is 0.615. The Morgan fingerprint density at radius 3 is 2.56 bits per heavy atom. The lowest BCUT2D eigenvalue weighted by Crippen LogP contribution is -2.51. The Bertz CT molecular complexity index is 375. The van der Waals surface area contributed by atoms with Crippen molar-refractivity contribution in [1.82, 2.24) is 10.4 Å². The normalized spacial score (nSPS) is 15.4. The number of hydrogen-bond acceptors (Lipinski definition) is 5. The second-order valence-corrected chi connectivity index (χ2v) is 5.55. The van der Waals surface area contributed by atoms with E-state index in [4.69, 9.17) is 16.3 Å². The Hall–Kier alpha value is -1.17. The molecule has 0 bridgehead atoms. The zero-order chi connectivity index (χ0) is 13.8. The monoisotopic (exact) mass is 252 g/mol. The lowest BCUT2D eigenvalue weighted by molar-refractivity contribution is -0.0110. The lowest BCUT2D eigenvalue weighted by atomic mass is 9.82. The van der Waals surface area contributed by atoms with E-state index in [-0.39, 0.29) is 17.6 Å². The molecular weight excluding hydrogens is 228 g/mol. The first-order valence-corrected chi connectivity index (χ1v) is 6.08. The molecule has 0 saturated heterocycles. The van der Waals surface area contributed by atoms with Gasteiger partial charge in [0.05, 0.1) is 12.1 Å². The van der Waals surface area contributed by atoms with Gasteiger partial charge in [-0.05, 0) is 23.5 Å². The molecular formula is C13H24N4O. The van der Waals surface area contributed by atoms with E-state index in [1.807, 2.05) is 12.1 Å². The van der Waals surface area contributed by atoms with E-state index in [0.717, 1.165) is 5.56 Å². The van der Waals surface area contributed by atoms with Crippen LogP contribution in [0.1, 0.15) is 26.3 Å². The largest absolute Gasteiger partial charge is 0.383 e. The van der Waals surface area contributed by atoms with Gasteiger partial charge in [0, 0.05) is 13.3 Å². The number of hydrazine groups is 1. The molecule has 0 spiro atoms. The summed E-state index contributed by atoms with van der Waals surface area (Å²) in [6.07, 6.45) is 2.36. The third kappa shape index (κ3) is 3.66. The van der Waals surface area contributed by atoms with Gasteiger partial charge in [0.2, 0.25) is 0 Å². The maximum Gasteiger partial charge on any atom is 0.126 e. The van der Waals surface area contributed by atoms with Crippen LogP contribution in [0.5, 0.6) is 0 Å². The SMILES string of the molecule is COC(C(Cc1cccnc1N)NN)C(C)(C)C. The van der Waals surface area contributed by atoms with Crippen molar-refractivity contribution in [1.29, 1.82) is 0 Å². The van der Waals surface area contributed by atoms with Crippen LogP contribution in [0, 0.1) is 5.41 Å². The van der Waals surface area contributed by atoms with Crippen molar-refractivity contribution >= 4 is 5.82 Å². The molecule has 0 aliphatic rings. The van der Waals surface area contributed by atoms with Crippen LogP contribution < -0.4 is 17.0 Å². The number of hydrogen-bond donors (Lipinski definition) is 3. The van der Waals surface area contributed by atoms with E-state index in [2.05, 4.69) is 31.2 Å². The molecule has 1 aromatic heterocycles. The first-order valence-electron chi connectivity index (χ1n) is 6.08. The van der Waals surface area contributed by atoms with Gasteiger partial charge >= 0.3 is 0 Å². The molecule has 2 unspecified atom stereocenters. The maximum atomic E-state index is 5.85. The lowest BCUT2D eigenvalue weighted by Gasteiger charge is -2.35. The van der Waals surface area contributed by atoms with E-state index < -0.39 is 0 Å². The van der Waals surface area contributed by atoms with Crippen LogP contribution in [-0.2, 0) is 11.2 Å². The van der Waals surface area contributed by atoms with Crippen LogP contribution in [0.4, 0.5) is 5.82 Å². The molecule has 5 nitrogen and oxygen atoms in total. The molecule has 2 atom stereocenters. The number of pyridine rings is 1. The summed E-state index contributed by atoms with van der Waals surface area (Å²) in [6, 6.07) is 3.82. The zero-order valence-electron chi connectivity index (χ0n) is 11.6. The number of anilines is 1. The molecule has 0 fully saturated rings. The highest BCUT2D eigenvalue weighted by Crippen LogP contribution is 2.26. The minimum absolute atomic E-state index is 0.0112. The molecule has 0 aliphatic carbocycles. The third-order valence-electron chi connectivity index (χ3n) is 3.05. The minimum Gasteiger partial charge on any atom is -0.383 e. The average Bonchev–Trinajstić information content (AvgIpc) is 2.29. The van der Waals surface area contributed by atoms with Gasteiger partial charge in [-0.15, -0.1) is 0 Å². The van der Waals surface area contributed by atoms with Gasteiger partial charge in [-0.3, -0.25) is 11.3 Å². The van der Waals surface area contributed by atoms with Gasteiger partial charge < -0.3 is 10.5 Å². The molecule has 5 N–H and O–H groups in total. The topological polar surface area (TPSA) is 86.2 Å². The predicted octanol–water partition coefficient (Wildman–Crippen LogP) is 1.10. The summed E-state index contributed by atoms with van der Waals surface area (Å²) in [4.78, 5) is 4.08. The molecule has 0 aromatic carbocycles. The Labute approximate surface area is 109 Å². The van der Waals surface area contributed by atoms with Crippen LogP contribution in [0.3, 0.4) is 0 Å². The molecule has 0 saturated carbocycles. The standard InChI is InChI=1S/C13H24N4O/c1-13(2,3)11(18-4)10(17-15)8-9-6-5-7-16-12(9)14/h5-7,10-11,17H,8,15H2,1-4H3,(H2,14,16). The number of aromatic nitrogens is 1. The van der Waals surface area contributed by atoms with E-state index in [9.17, 15) is 0 Å². The van der Waals surface area contributed by atoms with Crippen molar-refractivity contribution in [2.75, 3.05) is 12.8 Å². The van der Waals surface area contributed by atoms with Crippen molar-refractivity contribution < 1.29 is 4.74 Å². The molecule has 0 radical (unpaired) electrons. The van der Waals surface area contributed by atoms with E-state index in [1.165, 1.54) is 0 Å². The van der Waals surface area contributed by atoms with Crippen LogP contribution in [-0.4, -0.2) is 24.2 Å². The molecule has 18 heavy (non-hydrogen) atoms. The van der Waals surface area contributed by atoms with Crippen molar-refractivity contribution in [2.45, 2.75) is 39.3 Å². The molecule has 102 valence electrons. The smallest absolute Gasteiger partial charge is 0.126 e. The van der Waals surface area contributed by atoms with Gasteiger partial charge in [-0.2, -0.15) is 0 Å². The summed E-state index contributed by atoms with van der Waals surface area (Å²) in [5.74, 6) is 6.20. The van der Waals surface area contributed by atoms with Gasteiger partial charge in [-0.1, -0.05) is 26.8 Å². The number of nitrogens with one attached hydrogen (secondary N) is 1. The molecule has 1 aromatic rings. The minimum atomic E-state index is -0.0125. The van der Waals surface area contributed by atoms with Gasteiger partial charge in [0.1, 0.15) is 5.82 Å². The molecule has 5 heteroatoms. The van der Waals surface area contributed by atoms with E-state index in [0.29, 0.717) is 12.2 Å². The maximum absolute atomic E-state index is 5.85. The number of ether oxygens (including phenoxy) is 1. The van der Waals surface area contributed by atoms with Gasteiger partial charge in [0.15, 0.2) is 0 Å². The highest BCUT2D eigenvalue weighted by molar-refractivity contribution is 5.39. The van der Waals surface area contributed by atoms with Crippen LogP contribution in [0.2, 0.25) is 0 Å². The number of rotatable bonds is 5. The van der Waals surface area contributed by atoms with Crippen molar-refractivity contribution in [3.63, 3.8) is 0 Å². The van der Waals surface area contributed by atoms with Crippen LogP contribution in [0.25, 0.3) is 0 Å². The number of methoxy groups -OCH3 is 1. The average molecular weight is 252 g/mol. The number of nitrogen functional groups attached to an aromatic ring is 1. The fourth-order valence-corrected chi connectivity index (χ4v) is 2.24. The summed E-state index contributed by atoms with van der Waals surface area (Å²) >= 11 is 0. The predicted molar refractivity (Wildman–Crippen MR) is 73.7 cm³/mol. The summed E-state index contributed by atoms with van der Waals surface area (Å²) in [5.41, 5.74) is 9.65. The Morgan fingerprint density at radius 1 is 1.44 bits per heavy atom. The Balaban J connectivity index is 2.88. The molecule has 0 amide bonds. The molecule has 0 aliphatic heterocycles. The van der Waals surface area contributed by atoms with E-state index in [1.54, 1.807) is 13.3 Å². The number of nitrogens with two attached hydrogens (primary N) is 2. The molecule has 1 heterocycles. The first-order chi connectivity index (χ1) is 8.40. The van der Waals surface area contributed by atoms with Crippen LogP contribution >= 0.6 is 0 Å². The van der Waals surface area contributed by atoms with Crippen molar-refractivity contribution in [3.05, 3.63) is 23.9 Å². The highest BCUT2D eigenvalue weighted by atomic mass is 16.5. The first kappa shape index (κ1) is 14.9. The Morgan fingerprint density at radius 2 is 2.11 bits per heavy atom. The quantitative estimate of drug-likeness (QED) is 0.539. The number of nitrogens with zero attached hydrogens (tertiary/aromatic N) is 1. The van der Waals surface area contributed by atoms with Gasteiger partial charge in [-0.25, -0.2) is 4.98 Å². The van der Waals surface area contributed by atoms with Gasteiger partial charge in [0.25, 0.3) is 0 Å². The summed E-state index contributed by atoms with van der Waals surface area (Å²) in [5, 5.41) is 0. The summed E-state index contributed by atoms with van der Waals surface area (Å²) < 4.78 is 5.58. The summed E-state index contributed by atoms with van der Waals surface area (Å²) in [6.45, 7) is 6.37. The van der Waals surface area contributed by atoms with E-state index >= 15 is 0 Å². The second-order valence-electron chi connectivity index (χ2n) is 5.55. The zero-order valence-corrected chi connectivity index (χ0v) is 11.6. The fourth-order valence-electron chi connectivity index (χ4n) is 2.24. The van der Waals surface area contributed by atoms with Crippen molar-refractivity contribution in [2.24, 2.45) is 11.3 Å². The van der Waals surface area contributed by atoms with Crippen LogP contribution in [0.15, 0.2) is 18.3 Å². The van der Waals surface area contributed by atoms with Crippen molar-refractivity contribution in [3.8, 4) is 0 Å². The Kier molecular flexibility index (Phi) is 5.07. The highest BCUT2D eigenvalue weighted by Gasteiger charge is 2.32. The molecule has 1 rings (SSSR count).